The molecule has 1 aliphatic rings. The predicted molar refractivity (Wildman–Crippen MR) is 81.6 cm³/mol. The summed E-state index contributed by atoms with van der Waals surface area (Å²) >= 11 is 3.34. The van der Waals surface area contributed by atoms with Gasteiger partial charge in [-0.05, 0) is 30.7 Å². The molecule has 0 unspecified atom stereocenters. The highest BCUT2D eigenvalue weighted by molar-refractivity contribution is 9.10. The molecule has 0 amide bonds. The van der Waals surface area contributed by atoms with Gasteiger partial charge in [0.25, 0.3) is 0 Å². The van der Waals surface area contributed by atoms with Gasteiger partial charge in [-0.1, -0.05) is 28.1 Å². The Bertz CT molecular complexity index is 776. The SMILES string of the molecule is Cc1c(O)cc(O)c2c1O/C(=C\c1ccc(Br)cc1)C2=O. The number of hydrogen-bond acceptors (Lipinski definition) is 4. The summed E-state index contributed by atoms with van der Waals surface area (Å²) in [4.78, 5) is 12.3. The Morgan fingerprint density at radius 2 is 1.81 bits per heavy atom. The van der Waals surface area contributed by atoms with E-state index in [2.05, 4.69) is 15.9 Å². The van der Waals surface area contributed by atoms with Crippen LogP contribution in [0.15, 0.2) is 40.6 Å². The van der Waals surface area contributed by atoms with Crippen LogP contribution in [-0.4, -0.2) is 16.0 Å². The van der Waals surface area contributed by atoms with E-state index in [9.17, 15) is 15.0 Å². The molecule has 0 saturated heterocycles. The molecule has 1 heterocycles. The van der Waals surface area contributed by atoms with Gasteiger partial charge in [0.1, 0.15) is 22.8 Å². The summed E-state index contributed by atoms with van der Waals surface area (Å²) in [6.45, 7) is 1.63. The lowest BCUT2D eigenvalue weighted by Crippen LogP contribution is -1.98. The number of ketones is 1. The number of carbonyl (C=O) groups excluding carboxylic acids is 1. The maximum absolute atomic E-state index is 12.3. The van der Waals surface area contributed by atoms with Crippen molar-refractivity contribution in [1.82, 2.24) is 0 Å². The lowest BCUT2D eigenvalue weighted by molar-refractivity contribution is 0.101. The normalized spacial score (nSPS) is 15.1. The van der Waals surface area contributed by atoms with E-state index < -0.39 is 5.78 Å². The van der Waals surface area contributed by atoms with Gasteiger partial charge < -0.3 is 14.9 Å². The van der Waals surface area contributed by atoms with Gasteiger partial charge in [-0.2, -0.15) is 0 Å². The second kappa shape index (κ2) is 4.93. The molecule has 0 aliphatic carbocycles. The van der Waals surface area contributed by atoms with Gasteiger partial charge in [0.2, 0.25) is 5.78 Å². The third-order valence-electron chi connectivity index (χ3n) is 3.31. The lowest BCUT2D eigenvalue weighted by atomic mass is 10.0. The molecule has 2 aromatic rings. The van der Waals surface area contributed by atoms with Crippen LogP contribution in [0.4, 0.5) is 0 Å². The Hall–Kier alpha value is -2.27. The number of benzene rings is 2. The molecule has 4 nitrogen and oxygen atoms in total. The number of phenols is 2. The quantitative estimate of drug-likeness (QED) is 0.771. The Morgan fingerprint density at radius 3 is 2.48 bits per heavy atom. The number of allylic oxidation sites excluding steroid dienone is 1. The van der Waals surface area contributed by atoms with Crippen LogP contribution in [0.5, 0.6) is 17.2 Å². The number of phenolic OH excluding ortho intramolecular Hbond substituents is 2. The molecule has 0 spiro atoms. The van der Waals surface area contributed by atoms with Gasteiger partial charge in [-0.25, -0.2) is 0 Å². The zero-order valence-corrected chi connectivity index (χ0v) is 12.6. The molecular formula is C16H11BrO4. The molecule has 0 radical (unpaired) electrons. The van der Waals surface area contributed by atoms with Gasteiger partial charge in [0, 0.05) is 16.1 Å². The molecular weight excluding hydrogens is 336 g/mol. The van der Waals surface area contributed by atoms with Crippen molar-refractivity contribution in [2.75, 3.05) is 0 Å². The molecule has 3 rings (SSSR count). The highest BCUT2D eigenvalue weighted by Crippen LogP contribution is 2.44. The first-order valence-corrected chi connectivity index (χ1v) is 7.02. The number of aromatic hydroxyl groups is 2. The number of hydrogen-bond donors (Lipinski definition) is 2. The molecule has 1 aliphatic heterocycles. The fourth-order valence-corrected chi connectivity index (χ4v) is 2.43. The molecule has 0 saturated carbocycles. The summed E-state index contributed by atoms with van der Waals surface area (Å²) in [5.41, 5.74) is 1.32. The van der Waals surface area contributed by atoms with Crippen LogP contribution in [0, 0.1) is 6.92 Å². The van der Waals surface area contributed by atoms with Crippen LogP contribution in [-0.2, 0) is 0 Å². The van der Waals surface area contributed by atoms with Crippen molar-refractivity contribution in [1.29, 1.82) is 0 Å². The van der Waals surface area contributed by atoms with E-state index in [0.717, 1.165) is 16.1 Å². The second-order valence-corrected chi connectivity index (χ2v) is 5.65. The Morgan fingerprint density at radius 1 is 1.14 bits per heavy atom. The minimum atomic E-state index is -0.395. The van der Waals surface area contributed by atoms with Crippen molar-refractivity contribution in [3.8, 4) is 17.2 Å². The van der Waals surface area contributed by atoms with E-state index in [0.29, 0.717) is 5.56 Å². The van der Waals surface area contributed by atoms with E-state index in [-0.39, 0.29) is 28.6 Å². The largest absolute Gasteiger partial charge is 0.507 e. The van der Waals surface area contributed by atoms with Gasteiger partial charge in [-0.15, -0.1) is 0 Å². The average Bonchev–Trinajstić information content (AvgIpc) is 2.77. The molecule has 2 N–H and O–H groups in total. The summed E-state index contributed by atoms with van der Waals surface area (Å²) in [7, 11) is 0. The number of halogens is 1. The zero-order valence-electron chi connectivity index (χ0n) is 11.1. The monoisotopic (exact) mass is 346 g/mol. The van der Waals surface area contributed by atoms with Gasteiger partial charge in [0.05, 0.1) is 0 Å². The number of ether oxygens (including phenoxy) is 1. The van der Waals surface area contributed by atoms with E-state index in [1.807, 2.05) is 24.3 Å². The molecule has 0 bridgehead atoms. The number of fused-ring (bicyclic) bond motifs is 1. The lowest BCUT2D eigenvalue weighted by Gasteiger charge is -2.05. The summed E-state index contributed by atoms with van der Waals surface area (Å²) in [5, 5.41) is 19.5. The highest BCUT2D eigenvalue weighted by atomic mass is 79.9. The van der Waals surface area contributed by atoms with Crippen molar-refractivity contribution in [2.45, 2.75) is 6.92 Å². The Labute approximate surface area is 129 Å². The van der Waals surface area contributed by atoms with Crippen molar-refractivity contribution in [3.05, 3.63) is 57.3 Å². The predicted octanol–water partition coefficient (Wildman–Crippen LogP) is 3.78. The maximum Gasteiger partial charge on any atom is 0.235 e. The van der Waals surface area contributed by atoms with Crippen molar-refractivity contribution >= 4 is 27.8 Å². The van der Waals surface area contributed by atoms with Crippen LogP contribution in [0.2, 0.25) is 0 Å². The van der Waals surface area contributed by atoms with Crippen LogP contribution in [0.25, 0.3) is 6.08 Å². The highest BCUT2D eigenvalue weighted by Gasteiger charge is 2.33. The molecule has 0 atom stereocenters. The third kappa shape index (κ3) is 2.29. The minimum absolute atomic E-state index is 0.0914. The van der Waals surface area contributed by atoms with Gasteiger partial charge in [0.15, 0.2) is 5.76 Å². The van der Waals surface area contributed by atoms with E-state index in [4.69, 9.17) is 4.74 Å². The number of carbonyl (C=O) groups is 1. The third-order valence-corrected chi connectivity index (χ3v) is 3.84. The number of rotatable bonds is 1. The summed E-state index contributed by atoms with van der Waals surface area (Å²) in [6.07, 6.45) is 1.60. The molecule has 0 fully saturated rings. The fourth-order valence-electron chi connectivity index (χ4n) is 2.16. The fraction of sp³-hybridized carbons (Fsp3) is 0.0625. The molecule has 2 aromatic carbocycles. The van der Waals surface area contributed by atoms with Crippen LogP contribution >= 0.6 is 15.9 Å². The first-order valence-electron chi connectivity index (χ1n) is 6.22. The van der Waals surface area contributed by atoms with Gasteiger partial charge in [-0.3, -0.25) is 4.79 Å². The van der Waals surface area contributed by atoms with E-state index in [1.165, 1.54) is 0 Å². The maximum atomic E-state index is 12.3. The van der Waals surface area contributed by atoms with E-state index in [1.54, 1.807) is 13.0 Å². The summed E-state index contributed by atoms with van der Waals surface area (Å²) < 4.78 is 6.46. The smallest absolute Gasteiger partial charge is 0.235 e. The Kier molecular flexibility index (Phi) is 3.22. The molecule has 0 aromatic heterocycles. The first kappa shape index (κ1) is 13.7. The van der Waals surface area contributed by atoms with Crippen LogP contribution in [0.3, 0.4) is 0 Å². The zero-order chi connectivity index (χ0) is 15.1. The van der Waals surface area contributed by atoms with Crippen molar-refractivity contribution in [3.63, 3.8) is 0 Å². The van der Waals surface area contributed by atoms with Crippen molar-refractivity contribution in [2.24, 2.45) is 0 Å². The van der Waals surface area contributed by atoms with Crippen LogP contribution < -0.4 is 4.74 Å². The molecule has 106 valence electrons. The standard InChI is InChI=1S/C16H11BrO4/c1-8-11(18)7-12(19)14-15(20)13(21-16(8)14)6-9-2-4-10(17)5-3-9/h2-7,18-19H,1H3/b13-6-. The number of Topliss-reactive ketones (excluding diaryl/α,β-unsaturated/α-hetero) is 1. The molecule has 5 heteroatoms. The topological polar surface area (TPSA) is 66.8 Å². The second-order valence-electron chi connectivity index (χ2n) is 4.74. The minimum Gasteiger partial charge on any atom is -0.507 e. The first-order chi connectivity index (χ1) is 9.97. The Balaban J connectivity index is 2.06. The summed E-state index contributed by atoms with van der Waals surface area (Å²) in [6, 6.07) is 8.53. The van der Waals surface area contributed by atoms with Crippen LogP contribution in [0.1, 0.15) is 21.5 Å². The van der Waals surface area contributed by atoms with E-state index >= 15 is 0 Å². The summed E-state index contributed by atoms with van der Waals surface area (Å²) in [5.74, 6) is -0.452. The van der Waals surface area contributed by atoms with Crippen molar-refractivity contribution < 1.29 is 19.7 Å². The molecule has 21 heavy (non-hydrogen) atoms. The average molecular weight is 347 g/mol. The van der Waals surface area contributed by atoms with Gasteiger partial charge >= 0.3 is 0 Å².